The summed E-state index contributed by atoms with van der Waals surface area (Å²) in [6.07, 6.45) is 1.55. The number of nitrogens with zero attached hydrogens (tertiary/aromatic N) is 2. The molecule has 0 spiro atoms. The van der Waals surface area contributed by atoms with Crippen LogP contribution >= 0.6 is 0 Å². The number of amides is 2. The molecule has 0 heterocycles. The summed E-state index contributed by atoms with van der Waals surface area (Å²) in [5, 5.41) is 8.86. The highest BCUT2D eigenvalue weighted by Crippen LogP contribution is 2.08. The Labute approximate surface area is 115 Å². The van der Waals surface area contributed by atoms with E-state index < -0.39 is 5.97 Å². The molecule has 0 saturated heterocycles. The number of rotatable bonds is 8. The van der Waals surface area contributed by atoms with Gasteiger partial charge in [-0.3, -0.25) is 4.79 Å². The summed E-state index contributed by atoms with van der Waals surface area (Å²) >= 11 is 0. The molecule has 0 aromatic rings. The standard InChI is InChI=1S/C14H26N2O3/c1-6-7-15(10-13(17)18)14(19)16(8-11(2)3)9-12(4)5/h6,11-12H,1,7-10H2,2-5H3,(H,17,18). The lowest BCUT2D eigenvalue weighted by Gasteiger charge is -2.31. The molecule has 110 valence electrons. The fraction of sp³-hybridized carbons (Fsp3) is 0.714. The Morgan fingerprint density at radius 1 is 1.11 bits per heavy atom. The topological polar surface area (TPSA) is 60.9 Å². The third kappa shape index (κ3) is 7.49. The second-order valence-electron chi connectivity index (χ2n) is 5.54. The van der Waals surface area contributed by atoms with Crippen molar-refractivity contribution in [3.05, 3.63) is 12.7 Å². The maximum Gasteiger partial charge on any atom is 0.323 e. The molecule has 2 amide bonds. The van der Waals surface area contributed by atoms with Gasteiger partial charge < -0.3 is 14.9 Å². The molecule has 0 radical (unpaired) electrons. The Morgan fingerprint density at radius 3 is 1.89 bits per heavy atom. The van der Waals surface area contributed by atoms with Crippen LogP contribution in [0.25, 0.3) is 0 Å². The number of aliphatic carboxylic acids is 1. The van der Waals surface area contributed by atoms with E-state index in [1.54, 1.807) is 11.0 Å². The Hall–Kier alpha value is -1.52. The minimum absolute atomic E-state index is 0.232. The maximum atomic E-state index is 12.4. The van der Waals surface area contributed by atoms with Crippen molar-refractivity contribution in [2.24, 2.45) is 11.8 Å². The van der Waals surface area contributed by atoms with Gasteiger partial charge in [0.2, 0.25) is 0 Å². The van der Waals surface area contributed by atoms with Gasteiger partial charge in [-0.05, 0) is 11.8 Å². The molecule has 0 aliphatic rings. The quantitative estimate of drug-likeness (QED) is 0.688. The predicted octanol–water partition coefficient (Wildman–Crippen LogP) is 2.29. The van der Waals surface area contributed by atoms with Gasteiger partial charge in [0, 0.05) is 19.6 Å². The number of hydrogen-bond acceptors (Lipinski definition) is 2. The van der Waals surface area contributed by atoms with Crippen LogP contribution in [0.4, 0.5) is 4.79 Å². The van der Waals surface area contributed by atoms with E-state index in [-0.39, 0.29) is 19.1 Å². The normalized spacial score (nSPS) is 10.6. The fourth-order valence-corrected chi connectivity index (χ4v) is 1.84. The van der Waals surface area contributed by atoms with Gasteiger partial charge in [-0.25, -0.2) is 4.79 Å². The first-order valence-corrected chi connectivity index (χ1v) is 6.64. The molecule has 0 rings (SSSR count). The molecule has 0 unspecified atom stereocenters. The summed E-state index contributed by atoms with van der Waals surface area (Å²) in [7, 11) is 0. The number of hydrogen-bond donors (Lipinski definition) is 1. The summed E-state index contributed by atoms with van der Waals surface area (Å²) in [5.41, 5.74) is 0. The maximum absolute atomic E-state index is 12.4. The molecule has 0 aliphatic carbocycles. The van der Waals surface area contributed by atoms with E-state index in [4.69, 9.17) is 5.11 Å². The molecule has 0 fully saturated rings. The first-order valence-electron chi connectivity index (χ1n) is 6.64. The first-order chi connectivity index (χ1) is 8.77. The highest BCUT2D eigenvalue weighted by atomic mass is 16.4. The van der Waals surface area contributed by atoms with Crippen molar-refractivity contribution in [3.8, 4) is 0 Å². The first kappa shape index (κ1) is 17.5. The third-order valence-electron chi connectivity index (χ3n) is 2.39. The van der Waals surface area contributed by atoms with Crippen LogP contribution in [0.1, 0.15) is 27.7 Å². The molecule has 0 saturated carbocycles. The average Bonchev–Trinajstić information content (AvgIpc) is 2.24. The highest BCUT2D eigenvalue weighted by Gasteiger charge is 2.23. The Bertz CT molecular complexity index is 304. The van der Waals surface area contributed by atoms with Crippen LogP contribution in [-0.2, 0) is 4.79 Å². The zero-order valence-electron chi connectivity index (χ0n) is 12.4. The number of carbonyl (C=O) groups is 2. The van der Waals surface area contributed by atoms with Crippen molar-refractivity contribution in [1.82, 2.24) is 9.80 Å². The molecule has 0 aromatic heterocycles. The SMILES string of the molecule is C=CCN(CC(=O)O)C(=O)N(CC(C)C)CC(C)C. The van der Waals surface area contributed by atoms with Crippen LogP contribution in [0.5, 0.6) is 0 Å². The van der Waals surface area contributed by atoms with Crippen LogP contribution in [0.15, 0.2) is 12.7 Å². The summed E-state index contributed by atoms with van der Waals surface area (Å²) in [5.74, 6) is -0.319. The van der Waals surface area contributed by atoms with E-state index in [1.165, 1.54) is 4.90 Å². The summed E-state index contributed by atoms with van der Waals surface area (Å²) in [6, 6.07) is -0.232. The van der Waals surface area contributed by atoms with Crippen molar-refractivity contribution in [1.29, 1.82) is 0 Å². The monoisotopic (exact) mass is 270 g/mol. The summed E-state index contributed by atoms with van der Waals surface area (Å²) in [6.45, 7) is 12.9. The van der Waals surface area contributed by atoms with Crippen molar-refractivity contribution < 1.29 is 14.7 Å². The predicted molar refractivity (Wildman–Crippen MR) is 76.1 cm³/mol. The minimum Gasteiger partial charge on any atom is -0.480 e. The van der Waals surface area contributed by atoms with E-state index in [0.29, 0.717) is 24.9 Å². The Kier molecular flexibility index (Phi) is 7.87. The van der Waals surface area contributed by atoms with Gasteiger partial charge >= 0.3 is 12.0 Å². The molecular formula is C14H26N2O3. The minimum atomic E-state index is -1.01. The molecule has 1 N–H and O–H groups in total. The van der Waals surface area contributed by atoms with Gasteiger partial charge in [-0.2, -0.15) is 0 Å². The van der Waals surface area contributed by atoms with Crippen molar-refractivity contribution in [2.45, 2.75) is 27.7 Å². The van der Waals surface area contributed by atoms with Crippen molar-refractivity contribution in [3.63, 3.8) is 0 Å². The van der Waals surface area contributed by atoms with Crippen LogP contribution < -0.4 is 0 Å². The lowest BCUT2D eigenvalue weighted by molar-refractivity contribution is -0.137. The molecule has 0 aromatic carbocycles. The molecule has 5 nitrogen and oxygen atoms in total. The second-order valence-corrected chi connectivity index (χ2v) is 5.54. The summed E-state index contributed by atoms with van der Waals surface area (Å²) < 4.78 is 0. The zero-order chi connectivity index (χ0) is 15.0. The fourth-order valence-electron chi connectivity index (χ4n) is 1.84. The molecule has 5 heteroatoms. The van der Waals surface area contributed by atoms with Gasteiger partial charge in [0.05, 0.1) is 0 Å². The number of carboxylic acid groups (broad SMARTS) is 1. The van der Waals surface area contributed by atoms with Gasteiger partial charge in [0.15, 0.2) is 0 Å². The molecular weight excluding hydrogens is 244 g/mol. The van der Waals surface area contributed by atoms with Crippen LogP contribution in [0.2, 0.25) is 0 Å². The number of urea groups is 1. The smallest absolute Gasteiger partial charge is 0.323 e. The van der Waals surface area contributed by atoms with Gasteiger partial charge in [0.1, 0.15) is 6.54 Å². The lowest BCUT2D eigenvalue weighted by Crippen LogP contribution is -2.47. The summed E-state index contributed by atoms with van der Waals surface area (Å²) in [4.78, 5) is 26.2. The molecule has 19 heavy (non-hydrogen) atoms. The third-order valence-corrected chi connectivity index (χ3v) is 2.39. The van der Waals surface area contributed by atoms with E-state index in [9.17, 15) is 9.59 Å². The van der Waals surface area contributed by atoms with Gasteiger partial charge in [0.25, 0.3) is 0 Å². The Balaban J connectivity index is 4.87. The number of carbonyl (C=O) groups excluding carboxylic acids is 1. The lowest BCUT2D eigenvalue weighted by atomic mass is 10.1. The van der Waals surface area contributed by atoms with E-state index in [2.05, 4.69) is 6.58 Å². The van der Waals surface area contributed by atoms with E-state index in [1.807, 2.05) is 27.7 Å². The van der Waals surface area contributed by atoms with Crippen LogP contribution in [-0.4, -0.2) is 53.1 Å². The number of carboxylic acids is 1. The second kappa shape index (κ2) is 8.56. The largest absolute Gasteiger partial charge is 0.480 e. The van der Waals surface area contributed by atoms with Gasteiger partial charge in [-0.1, -0.05) is 33.8 Å². The van der Waals surface area contributed by atoms with Crippen LogP contribution in [0.3, 0.4) is 0 Å². The molecule has 0 atom stereocenters. The van der Waals surface area contributed by atoms with Crippen LogP contribution in [0, 0.1) is 11.8 Å². The average molecular weight is 270 g/mol. The zero-order valence-corrected chi connectivity index (χ0v) is 12.4. The highest BCUT2D eigenvalue weighted by molar-refractivity contribution is 5.80. The molecule has 0 bridgehead atoms. The molecule has 0 aliphatic heterocycles. The van der Waals surface area contributed by atoms with E-state index in [0.717, 1.165) is 0 Å². The van der Waals surface area contributed by atoms with Crippen molar-refractivity contribution in [2.75, 3.05) is 26.2 Å². The Morgan fingerprint density at radius 2 is 1.58 bits per heavy atom. The van der Waals surface area contributed by atoms with Gasteiger partial charge in [-0.15, -0.1) is 6.58 Å². The van der Waals surface area contributed by atoms with Crippen molar-refractivity contribution >= 4 is 12.0 Å². The van der Waals surface area contributed by atoms with E-state index >= 15 is 0 Å².